The Morgan fingerprint density at radius 3 is 2.11 bits per heavy atom. The highest BCUT2D eigenvalue weighted by Crippen LogP contribution is 1.68. The zero-order valence-electron chi connectivity index (χ0n) is 6.05. The molecule has 0 aliphatic carbocycles. The fraction of sp³-hybridized carbons (Fsp3) is 0.667. The molecule has 0 saturated heterocycles. The quantitative estimate of drug-likeness (QED) is 0.610. The van der Waals surface area contributed by atoms with E-state index in [4.69, 9.17) is 9.90 Å². The van der Waals surface area contributed by atoms with E-state index in [-0.39, 0.29) is 0 Å². The average Bonchev–Trinajstić information content (AvgIpc) is 1.66. The van der Waals surface area contributed by atoms with Crippen LogP contribution in [0.15, 0.2) is 0 Å². The molecule has 1 N–H and O–H groups in total. The Labute approximate surface area is 55.6 Å². The topological polar surface area (TPSA) is 46.5 Å². The minimum Gasteiger partial charge on any atom is -0.481 e. The molecule has 55 valence electrons. The third kappa shape index (κ3) is 107. The molecule has 0 amide bonds. The van der Waals surface area contributed by atoms with Gasteiger partial charge in [0, 0.05) is 20.6 Å². The van der Waals surface area contributed by atoms with Gasteiger partial charge in [-0.3, -0.25) is 4.79 Å². The van der Waals surface area contributed by atoms with Crippen molar-refractivity contribution in [3.05, 3.63) is 6.42 Å². The summed E-state index contributed by atoms with van der Waals surface area (Å²) in [5.74, 6) is -0.833. The van der Waals surface area contributed by atoms with Crippen LogP contribution in [0.5, 0.6) is 0 Å². The van der Waals surface area contributed by atoms with Gasteiger partial charge in [0.15, 0.2) is 0 Å². The van der Waals surface area contributed by atoms with Gasteiger partial charge in [-0.25, -0.2) is 0 Å². The molecule has 0 saturated carbocycles. The average molecular weight is 133 g/mol. The van der Waals surface area contributed by atoms with Gasteiger partial charge in [-0.2, -0.15) is 0 Å². The lowest BCUT2D eigenvalue weighted by atomic mass is 10.5. The Hall–Kier alpha value is -0.570. The molecule has 0 aromatic carbocycles. The highest BCUT2D eigenvalue weighted by molar-refractivity contribution is 5.62. The summed E-state index contributed by atoms with van der Waals surface area (Å²) in [6.07, 6.45) is 1.96. The molecule has 0 unspecified atom stereocenters. The van der Waals surface area contributed by atoms with Crippen LogP contribution in [0.25, 0.3) is 0 Å². The van der Waals surface area contributed by atoms with E-state index >= 15 is 0 Å². The van der Waals surface area contributed by atoms with E-state index in [1.807, 2.05) is 13.3 Å². The summed E-state index contributed by atoms with van der Waals surface area (Å²) in [5, 5.41) is 7.42. The molecular formula is C6H13O3. The normalized spacial score (nSPS) is 7.44. The minimum atomic E-state index is -0.833. The number of aliphatic carboxylic acids is 1. The number of carboxylic acid groups (broad SMARTS) is 1. The largest absolute Gasteiger partial charge is 0.481 e. The highest BCUT2D eigenvalue weighted by Gasteiger charge is 1.66. The summed E-state index contributed by atoms with van der Waals surface area (Å²) in [4.78, 5) is 9.00. The Kier molecular flexibility index (Phi) is 13.0. The molecule has 0 spiro atoms. The maximum Gasteiger partial charge on any atom is 0.300 e. The van der Waals surface area contributed by atoms with E-state index in [0.717, 1.165) is 13.5 Å². The summed E-state index contributed by atoms with van der Waals surface area (Å²) in [5.41, 5.74) is 0. The van der Waals surface area contributed by atoms with E-state index in [9.17, 15) is 0 Å². The van der Waals surface area contributed by atoms with Crippen molar-refractivity contribution in [1.82, 2.24) is 0 Å². The van der Waals surface area contributed by atoms with E-state index in [1.165, 1.54) is 0 Å². The van der Waals surface area contributed by atoms with E-state index in [0.29, 0.717) is 0 Å². The molecule has 1 radical (unpaired) electrons. The third-order valence-corrected chi connectivity index (χ3v) is 0.333. The molecule has 0 atom stereocenters. The van der Waals surface area contributed by atoms with Gasteiger partial charge in [-0.1, -0.05) is 6.92 Å². The fourth-order valence-electron chi connectivity index (χ4n) is 0.167. The van der Waals surface area contributed by atoms with Crippen molar-refractivity contribution in [2.24, 2.45) is 0 Å². The van der Waals surface area contributed by atoms with Gasteiger partial charge in [-0.05, 0) is 6.42 Å². The number of carbonyl (C=O) groups is 1. The summed E-state index contributed by atoms with van der Waals surface area (Å²) < 4.78 is 4.64. The minimum absolute atomic E-state index is 0.764. The molecule has 3 heteroatoms. The van der Waals surface area contributed by atoms with Crippen molar-refractivity contribution < 1.29 is 14.6 Å². The van der Waals surface area contributed by atoms with E-state index in [1.54, 1.807) is 7.11 Å². The Bertz CT molecular complexity index is 55.3. The lowest BCUT2D eigenvalue weighted by Crippen LogP contribution is -1.81. The van der Waals surface area contributed by atoms with Crippen LogP contribution < -0.4 is 0 Å². The van der Waals surface area contributed by atoms with Crippen molar-refractivity contribution in [2.45, 2.75) is 13.8 Å². The second-order valence-corrected chi connectivity index (χ2v) is 1.38. The highest BCUT2D eigenvalue weighted by atomic mass is 16.5. The van der Waals surface area contributed by atoms with Crippen LogP contribution in [-0.2, 0) is 9.53 Å². The summed E-state index contributed by atoms with van der Waals surface area (Å²) in [6, 6.07) is 0. The standard InChI is InChI=1S/C4H9O.C2H4O2/c1-3-4-5-2;1-2(3)4/h3H,4H2,1-2H3;1H3,(H,3,4). The van der Waals surface area contributed by atoms with Crippen LogP contribution in [0, 0.1) is 6.42 Å². The third-order valence-electron chi connectivity index (χ3n) is 0.333. The molecule has 0 aliphatic rings. The number of rotatable bonds is 2. The second-order valence-electron chi connectivity index (χ2n) is 1.38. The molecular weight excluding hydrogens is 120 g/mol. The van der Waals surface area contributed by atoms with Crippen molar-refractivity contribution in [3.63, 3.8) is 0 Å². The van der Waals surface area contributed by atoms with Crippen LogP contribution in [0.4, 0.5) is 0 Å². The summed E-state index contributed by atoms with van der Waals surface area (Å²) >= 11 is 0. The second kappa shape index (κ2) is 10.4. The van der Waals surface area contributed by atoms with E-state index < -0.39 is 5.97 Å². The number of ether oxygens (including phenoxy) is 1. The monoisotopic (exact) mass is 133 g/mol. The van der Waals surface area contributed by atoms with E-state index in [2.05, 4.69) is 4.74 Å². The molecule has 0 rings (SSSR count). The Morgan fingerprint density at radius 1 is 1.78 bits per heavy atom. The first-order valence-corrected chi connectivity index (χ1v) is 2.61. The van der Waals surface area contributed by atoms with Gasteiger partial charge < -0.3 is 9.84 Å². The van der Waals surface area contributed by atoms with Crippen molar-refractivity contribution >= 4 is 5.97 Å². The molecule has 0 aliphatic heterocycles. The predicted molar refractivity (Wildman–Crippen MR) is 35.2 cm³/mol. The zero-order chi connectivity index (χ0) is 7.70. The van der Waals surface area contributed by atoms with Crippen LogP contribution >= 0.6 is 0 Å². The van der Waals surface area contributed by atoms with Gasteiger partial charge in [0.2, 0.25) is 0 Å². The van der Waals surface area contributed by atoms with Crippen LogP contribution in [0.2, 0.25) is 0 Å². The number of hydrogen-bond donors (Lipinski definition) is 1. The lowest BCUT2D eigenvalue weighted by Gasteiger charge is -1.84. The van der Waals surface area contributed by atoms with Gasteiger partial charge in [0.1, 0.15) is 0 Å². The van der Waals surface area contributed by atoms with Crippen LogP contribution in [0.1, 0.15) is 13.8 Å². The molecule has 0 bridgehead atoms. The molecule has 9 heavy (non-hydrogen) atoms. The summed E-state index contributed by atoms with van der Waals surface area (Å²) in [7, 11) is 1.68. The fourth-order valence-corrected chi connectivity index (χ4v) is 0.167. The number of hydrogen-bond acceptors (Lipinski definition) is 2. The SMILES string of the molecule is CC(=O)O.C[CH]COC. The molecule has 3 nitrogen and oxygen atoms in total. The maximum atomic E-state index is 9.00. The smallest absolute Gasteiger partial charge is 0.300 e. The number of methoxy groups -OCH3 is 1. The molecule has 0 aromatic rings. The molecule has 0 fully saturated rings. The van der Waals surface area contributed by atoms with Gasteiger partial charge in [-0.15, -0.1) is 0 Å². The maximum absolute atomic E-state index is 9.00. The lowest BCUT2D eigenvalue weighted by molar-refractivity contribution is -0.134. The predicted octanol–water partition coefficient (Wildman–Crippen LogP) is 0.948. The number of carboxylic acids is 1. The Morgan fingerprint density at radius 2 is 2.11 bits per heavy atom. The van der Waals surface area contributed by atoms with Gasteiger partial charge >= 0.3 is 0 Å². The first kappa shape index (κ1) is 11.3. The summed E-state index contributed by atoms with van der Waals surface area (Å²) in [6.45, 7) is 3.81. The zero-order valence-corrected chi connectivity index (χ0v) is 6.05. The van der Waals surface area contributed by atoms with Crippen LogP contribution in [0.3, 0.4) is 0 Å². The van der Waals surface area contributed by atoms with Crippen molar-refractivity contribution in [1.29, 1.82) is 0 Å². The van der Waals surface area contributed by atoms with Crippen LogP contribution in [-0.4, -0.2) is 24.8 Å². The molecule has 0 heterocycles. The van der Waals surface area contributed by atoms with Gasteiger partial charge in [0.25, 0.3) is 5.97 Å². The van der Waals surface area contributed by atoms with Gasteiger partial charge in [0.05, 0.1) is 0 Å². The Balaban J connectivity index is 0. The first-order valence-electron chi connectivity index (χ1n) is 2.61. The van der Waals surface area contributed by atoms with Crippen molar-refractivity contribution in [2.75, 3.05) is 13.7 Å². The van der Waals surface area contributed by atoms with Crippen molar-refractivity contribution in [3.8, 4) is 0 Å². The molecule has 0 aromatic heterocycles. The first-order chi connectivity index (χ1) is 4.15.